The van der Waals surface area contributed by atoms with E-state index in [0.717, 1.165) is 17.7 Å². The number of carboxylic acids is 1. The van der Waals surface area contributed by atoms with E-state index in [4.69, 9.17) is 9.47 Å². The van der Waals surface area contributed by atoms with E-state index in [1.807, 2.05) is 89.2 Å². The summed E-state index contributed by atoms with van der Waals surface area (Å²) in [4.78, 5) is 72.5. The van der Waals surface area contributed by atoms with Crippen molar-refractivity contribution in [1.82, 2.24) is 25.3 Å². The molecule has 59 heavy (non-hydrogen) atoms. The quantitative estimate of drug-likeness (QED) is 0.121. The molecular formula is C45H70N6O8. The number of carbonyl (C=O) groups excluding carboxylic acids is 4. The fourth-order valence-corrected chi connectivity index (χ4v) is 8.37. The van der Waals surface area contributed by atoms with Crippen LogP contribution in [0.5, 0.6) is 0 Å². The van der Waals surface area contributed by atoms with Gasteiger partial charge in [-0.25, -0.2) is 4.79 Å². The minimum atomic E-state index is -1.14. The zero-order chi connectivity index (χ0) is 43.8. The molecule has 0 bridgehead atoms. The van der Waals surface area contributed by atoms with Crippen molar-refractivity contribution in [3.05, 3.63) is 65.7 Å². The van der Waals surface area contributed by atoms with Gasteiger partial charge in [0.1, 0.15) is 6.04 Å². The first-order valence-electron chi connectivity index (χ1n) is 21.0. The van der Waals surface area contributed by atoms with Gasteiger partial charge in [-0.2, -0.15) is 0 Å². The maximum atomic E-state index is 14.2. The molecule has 1 aliphatic heterocycles. The van der Waals surface area contributed by atoms with Gasteiger partial charge in [0.15, 0.2) is 0 Å². The molecule has 0 spiro atoms. The molecule has 0 radical (unpaired) electrons. The normalized spacial score (nSPS) is 17.7. The van der Waals surface area contributed by atoms with Gasteiger partial charge in [-0.15, -0.1) is 0 Å². The summed E-state index contributed by atoms with van der Waals surface area (Å²) < 4.78 is 11.8. The van der Waals surface area contributed by atoms with Crippen LogP contribution in [0.1, 0.15) is 71.4 Å². The van der Waals surface area contributed by atoms with Crippen molar-refractivity contribution in [2.45, 2.75) is 110 Å². The largest absolute Gasteiger partial charge is 0.480 e. The topological polar surface area (TPSA) is 170 Å². The molecule has 2 aromatic rings. The highest BCUT2D eigenvalue weighted by atomic mass is 16.5. The number of ether oxygens (including phenoxy) is 2. The minimum Gasteiger partial charge on any atom is -0.480 e. The molecule has 4 N–H and O–H groups in total. The number of likely N-dealkylation sites (N-methyl/N-ethyl adjacent to an activating group) is 2. The van der Waals surface area contributed by atoms with Gasteiger partial charge in [-0.1, -0.05) is 83.5 Å². The van der Waals surface area contributed by atoms with E-state index in [0.29, 0.717) is 32.4 Å². The Bertz CT molecular complexity index is 1640. The van der Waals surface area contributed by atoms with Crippen LogP contribution in [-0.4, -0.2) is 141 Å². The number of amides is 4. The molecule has 3 rings (SSSR count). The second kappa shape index (κ2) is 23.9. The van der Waals surface area contributed by atoms with Crippen LogP contribution in [0.4, 0.5) is 5.69 Å². The first kappa shape index (κ1) is 48.8. The van der Waals surface area contributed by atoms with E-state index in [1.165, 1.54) is 19.8 Å². The number of methoxy groups -OCH3 is 2. The number of anilines is 1. The number of carbonyl (C=O) groups is 5. The number of likely N-dealkylation sites (tertiary alicyclic amines) is 1. The number of hydrogen-bond donors (Lipinski definition) is 4. The van der Waals surface area contributed by atoms with Crippen LogP contribution in [0.3, 0.4) is 0 Å². The van der Waals surface area contributed by atoms with E-state index in [2.05, 4.69) is 28.1 Å². The predicted molar refractivity (Wildman–Crippen MR) is 230 cm³/mol. The van der Waals surface area contributed by atoms with E-state index >= 15 is 0 Å². The first-order chi connectivity index (χ1) is 28.1. The van der Waals surface area contributed by atoms with Crippen LogP contribution in [0.2, 0.25) is 0 Å². The highest BCUT2D eigenvalue weighted by Crippen LogP contribution is 2.29. The number of rotatable bonds is 24. The molecule has 4 amide bonds. The summed E-state index contributed by atoms with van der Waals surface area (Å²) in [5.41, 5.74) is 2.98. The van der Waals surface area contributed by atoms with Crippen molar-refractivity contribution in [1.29, 1.82) is 0 Å². The molecule has 0 aliphatic carbocycles. The van der Waals surface area contributed by atoms with Crippen LogP contribution in [0.15, 0.2) is 54.6 Å². The van der Waals surface area contributed by atoms with Gasteiger partial charge < -0.3 is 40.3 Å². The molecule has 0 aromatic heterocycles. The average Bonchev–Trinajstić information content (AvgIpc) is 3.71. The lowest BCUT2D eigenvalue weighted by molar-refractivity contribution is -0.147. The maximum absolute atomic E-state index is 14.2. The Kier molecular flexibility index (Phi) is 19.8. The van der Waals surface area contributed by atoms with Gasteiger partial charge in [0.05, 0.1) is 49.2 Å². The Morgan fingerprint density at radius 1 is 0.915 bits per heavy atom. The Morgan fingerprint density at radius 3 is 2.14 bits per heavy atom. The van der Waals surface area contributed by atoms with Crippen molar-refractivity contribution in [3.8, 4) is 0 Å². The van der Waals surface area contributed by atoms with E-state index in [-0.39, 0.29) is 48.9 Å². The van der Waals surface area contributed by atoms with Crippen molar-refractivity contribution >= 4 is 35.3 Å². The third-order valence-corrected chi connectivity index (χ3v) is 12.0. The van der Waals surface area contributed by atoms with E-state index < -0.39 is 54.2 Å². The van der Waals surface area contributed by atoms with E-state index in [1.54, 1.807) is 23.8 Å². The van der Waals surface area contributed by atoms with Crippen LogP contribution in [0, 0.1) is 17.8 Å². The predicted octanol–water partition coefficient (Wildman–Crippen LogP) is 4.08. The summed E-state index contributed by atoms with van der Waals surface area (Å²) in [5.74, 6) is -3.12. The Labute approximate surface area is 351 Å². The minimum absolute atomic E-state index is 0.00188. The number of nitrogens with zero attached hydrogens (tertiary/aromatic N) is 3. The van der Waals surface area contributed by atoms with Gasteiger partial charge in [0.25, 0.3) is 0 Å². The second-order valence-electron chi connectivity index (χ2n) is 16.3. The molecule has 1 aliphatic rings. The van der Waals surface area contributed by atoms with Crippen LogP contribution < -0.4 is 16.0 Å². The van der Waals surface area contributed by atoms with Crippen molar-refractivity contribution in [2.75, 3.05) is 60.3 Å². The summed E-state index contributed by atoms with van der Waals surface area (Å²) in [6.45, 7) is 10.6. The number of carboxylic acid groups (broad SMARTS) is 1. The monoisotopic (exact) mass is 823 g/mol. The molecule has 0 unspecified atom stereocenters. The molecule has 8 atom stereocenters. The smallest absolute Gasteiger partial charge is 0.326 e. The summed E-state index contributed by atoms with van der Waals surface area (Å²) in [6.07, 6.45) is 1.57. The average molecular weight is 823 g/mol. The van der Waals surface area contributed by atoms with Gasteiger partial charge in [-0.05, 0) is 61.4 Å². The summed E-state index contributed by atoms with van der Waals surface area (Å²) >= 11 is 0. The van der Waals surface area contributed by atoms with Crippen LogP contribution in [-0.2, 0) is 46.3 Å². The lowest BCUT2D eigenvalue weighted by Crippen LogP contribution is -2.55. The van der Waals surface area contributed by atoms with Crippen molar-refractivity contribution in [3.63, 3.8) is 0 Å². The Hall–Kier alpha value is -4.53. The molecule has 2 aromatic carbocycles. The van der Waals surface area contributed by atoms with Gasteiger partial charge >= 0.3 is 5.97 Å². The van der Waals surface area contributed by atoms with Crippen LogP contribution in [0.25, 0.3) is 0 Å². The maximum Gasteiger partial charge on any atom is 0.326 e. The fraction of sp³-hybridized carbons (Fsp3) is 0.622. The Morgan fingerprint density at radius 2 is 1.58 bits per heavy atom. The molecule has 1 fully saturated rings. The molecule has 14 heteroatoms. The fourth-order valence-electron chi connectivity index (χ4n) is 8.37. The van der Waals surface area contributed by atoms with Crippen molar-refractivity contribution < 1.29 is 38.6 Å². The zero-order valence-electron chi connectivity index (χ0n) is 36.9. The highest BCUT2D eigenvalue weighted by molar-refractivity contribution is 5.88. The molecule has 0 saturated carbocycles. The molecular weight excluding hydrogens is 753 g/mol. The molecule has 14 nitrogen and oxygen atoms in total. The number of nitrogens with one attached hydrogen (secondary N) is 3. The molecule has 1 heterocycles. The summed E-state index contributed by atoms with van der Waals surface area (Å²) in [7, 11) is 8.53. The third kappa shape index (κ3) is 13.8. The van der Waals surface area contributed by atoms with Crippen molar-refractivity contribution in [2.24, 2.45) is 17.8 Å². The van der Waals surface area contributed by atoms with Gasteiger partial charge in [0.2, 0.25) is 23.6 Å². The summed E-state index contributed by atoms with van der Waals surface area (Å²) in [6, 6.07) is 14.8. The van der Waals surface area contributed by atoms with Gasteiger partial charge in [0, 0.05) is 53.5 Å². The van der Waals surface area contributed by atoms with E-state index in [9.17, 15) is 29.1 Å². The van der Waals surface area contributed by atoms with Gasteiger partial charge in [-0.3, -0.25) is 24.1 Å². The highest BCUT2D eigenvalue weighted by Gasteiger charge is 2.42. The zero-order valence-corrected chi connectivity index (χ0v) is 36.9. The summed E-state index contributed by atoms with van der Waals surface area (Å²) in [5, 5.41) is 18.6. The number of hydrogen-bond acceptors (Lipinski definition) is 9. The number of benzene rings is 2. The molecule has 328 valence electrons. The Balaban J connectivity index is 1.66. The SMILES string of the molecule is CC[C@H](C)[C@@H]([C@@H](CC(=O)N1CCC[C@H]1[C@H](OC)[C@@H](C)C(=O)N[C@@H](Cc1ccccc1)C(=O)O)OC)N(C)C(=O)CNC(=O)[C@H](C(C)C)N(C)CCc1ccc(NC)cc1. The third-order valence-electron chi connectivity index (χ3n) is 12.0. The lowest BCUT2D eigenvalue weighted by atomic mass is 9.90. The second-order valence-corrected chi connectivity index (χ2v) is 16.3. The molecule has 1 saturated heterocycles. The number of aliphatic carboxylic acids is 1. The first-order valence-corrected chi connectivity index (χ1v) is 21.0. The lowest BCUT2D eigenvalue weighted by Gasteiger charge is -2.39. The van der Waals surface area contributed by atoms with Crippen LogP contribution >= 0.6 is 0 Å². The standard InChI is InChI=1S/C45H70N6O8/c1-11-30(4)41(50(8)39(53)28-47-44(55)40(29(2)3)49(7)25-23-32-19-21-34(46-6)22-20-32)37(58-9)27-38(52)51-24-15-18-36(51)42(59-10)31(5)43(54)48-35(45(56)57)26-33-16-13-12-14-17-33/h12-14,16-17,19-22,29-31,35-37,40-42,46H,11,15,18,23-28H2,1-10H3,(H,47,55)(H,48,54)(H,56,57)/t30-,31+,35-,36-,37+,40-,41-,42+/m0/s1.